The average molecular weight is 364 g/mol. The summed E-state index contributed by atoms with van der Waals surface area (Å²) in [5, 5.41) is 31.5. The molecule has 5 N–H and O–H groups in total. The number of tetrazole rings is 1. The fraction of sp³-hybridized carbons (Fsp3) is 0.467. The normalized spacial score (nSPS) is 12.0. The summed E-state index contributed by atoms with van der Waals surface area (Å²) >= 11 is 0. The number of carbonyl (C=O) groups is 1. The molecular formula is C15H22BFN6O3. The van der Waals surface area contributed by atoms with E-state index in [4.69, 9.17) is 15.8 Å². The number of amides is 1. The minimum atomic E-state index is -1.32. The van der Waals surface area contributed by atoms with Crippen LogP contribution in [0.3, 0.4) is 0 Å². The monoisotopic (exact) mass is 364 g/mol. The Morgan fingerprint density at radius 3 is 2.92 bits per heavy atom. The third-order valence-corrected chi connectivity index (χ3v) is 3.79. The Morgan fingerprint density at radius 1 is 1.38 bits per heavy atom. The number of hydrogen-bond donors (Lipinski definition) is 4. The van der Waals surface area contributed by atoms with Crippen molar-refractivity contribution < 1.29 is 19.2 Å². The highest BCUT2D eigenvalue weighted by atomic mass is 19.1. The first-order valence-electron chi connectivity index (χ1n) is 8.34. The lowest BCUT2D eigenvalue weighted by Crippen LogP contribution is -2.29. The van der Waals surface area contributed by atoms with Gasteiger partial charge in [0.2, 0.25) is 5.91 Å². The van der Waals surface area contributed by atoms with Gasteiger partial charge < -0.3 is 21.1 Å². The van der Waals surface area contributed by atoms with E-state index >= 15 is 0 Å². The maximum absolute atomic E-state index is 13.1. The van der Waals surface area contributed by atoms with Crippen molar-refractivity contribution in [2.24, 2.45) is 5.73 Å². The third-order valence-electron chi connectivity index (χ3n) is 3.79. The van der Waals surface area contributed by atoms with Gasteiger partial charge in [-0.25, -0.2) is 9.07 Å². The molecule has 1 aromatic carbocycles. The number of benzene rings is 1. The minimum Gasteiger partial charge on any atom is -0.427 e. The standard InChI is InChI=1S/C15H22BFN6O3/c17-12-5-3-4-11(8-12)9-19-14(24)10-23-15(20-21-22-23)13(18)6-1-2-7-16(25)26/h3-5,8,13,25-26H,1-2,6-7,9-10,18H2,(H,19,24). The molecule has 140 valence electrons. The van der Waals surface area contributed by atoms with Crippen molar-refractivity contribution >= 4 is 13.0 Å². The van der Waals surface area contributed by atoms with Crippen LogP contribution in [0.2, 0.25) is 6.32 Å². The van der Waals surface area contributed by atoms with E-state index in [1.54, 1.807) is 12.1 Å². The topological polar surface area (TPSA) is 139 Å². The molecule has 0 aliphatic rings. The Morgan fingerprint density at radius 2 is 2.19 bits per heavy atom. The van der Waals surface area contributed by atoms with Gasteiger partial charge >= 0.3 is 7.12 Å². The van der Waals surface area contributed by atoms with E-state index in [-0.39, 0.29) is 31.1 Å². The van der Waals surface area contributed by atoms with Crippen LogP contribution in [0.5, 0.6) is 0 Å². The highest BCUT2D eigenvalue weighted by molar-refractivity contribution is 6.40. The van der Waals surface area contributed by atoms with Crippen molar-refractivity contribution in [3.8, 4) is 0 Å². The van der Waals surface area contributed by atoms with E-state index in [0.717, 1.165) is 0 Å². The first kappa shape index (κ1) is 20.0. The van der Waals surface area contributed by atoms with Gasteiger partial charge in [-0.15, -0.1) is 5.10 Å². The van der Waals surface area contributed by atoms with Gasteiger partial charge in [-0.3, -0.25) is 4.79 Å². The molecule has 2 rings (SSSR count). The maximum Gasteiger partial charge on any atom is 0.451 e. The lowest BCUT2D eigenvalue weighted by Gasteiger charge is -2.12. The molecule has 1 aromatic heterocycles. The molecule has 1 amide bonds. The first-order chi connectivity index (χ1) is 12.5. The average Bonchev–Trinajstić information content (AvgIpc) is 3.05. The molecule has 0 radical (unpaired) electrons. The lowest BCUT2D eigenvalue weighted by atomic mass is 9.83. The van der Waals surface area contributed by atoms with Crippen LogP contribution in [0.1, 0.15) is 36.7 Å². The molecule has 0 saturated carbocycles. The minimum absolute atomic E-state index is 0.0965. The third kappa shape index (κ3) is 6.50. The van der Waals surface area contributed by atoms with E-state index in [0.29, 0.717) is 30.7 Å². The van der Waals surface area contributed by atoms with Crippen LogP contribution >= 0.6 is 0 Å². The molecule has 11 heteroatoms. The second kappa shape index (κ2) is 9.95. The van der Waals surface area contributed by atoms with Crippen LogP contribution in [0, 0.1) is 5.82 Å². The quantitative estimate of drug-likeness (QED) is 0.337. The summed E-state index contributed by atoms with van der Waals surface area (Å²) < 4.78 is 14.5. The van der Waals surface area contributed by atoms with E-state index in [1.807, 2.05) is 0 Å². The number of rotatable bonds is 10. The molecule has 0 bridgehead atoms. The van der Waals surface area contributed by atoms with Gasteiger partial charge in [0.05, 0.1) is 6.04 Å². The Labute approximate surface area is 150 Å². The summed E-state index contributed by atoms with van der Waals surface area (Å²) in [5.74, 6) is -0.298. The second-order valence-corrected chi connectivity index (χ2v) is 5.97. The zero-order valence-corrected chi connectivity index (χ0v) is 14.3. The number of aromatic nitrogens is 4. The van der Waals surface area contributed by atoms with E-state index in [9.17, 15) is 9.18 Å². The zero-order chi connectivity index (χ0) is 18.9. The predicted molar refractivity (Wildman–Crippen MR) is 91.8 cm³/mol. The summed E-state index contributed by atoms with van der Waals surface area (Å²) in [7, 11) is -1.32. The molecule has 1 atom stereocenters. The smallest absolute Gasteiger partial charge is 0.427 e. The molecule has 0 aliphatic heterocycles. The number of nitrogens with one attached hydrogen (secondary N) is 1. The first-order valence-corrected chi connectivity index (χ1v) is 8.34. The maximum atomic E-state index is 13.1. The summed E-state index contributed by atoms with van der Waals surface area (Å²) in [4.78, 5) is 12.1. The van der Waals surface area contributed by atoms with E-state index in [1.165, 1.54) is 16.8 Å². The van der Waals surface area contributed by atoms with Crippen molar-refractivity contribution in [3.05, 3.63) is 41.5 Å². The molecule has 1 heterocycles. The van der Waals surface area contributed by atoms with E-state index in [2.05, 4.69) is 20.8 Å². The molecule has 0 aliphatic carbocycles. The predicted octanol–water partition coefficient (Wildman–Crippen LogP) is -0.229. The molecule has 9 nitrogen and oxygen atoms in total. The van der Waals surface area contributed by atoms with Gasteiger partial charge in [0, 0.05) is 6.54 Å². The van der Waals surface area contributed by atoms with Crippen molar-refractivity contribution in [3.63, 3.8) is 0 Å². The van der Waals surface area contributed by atoms with Crippen LogP contribution in [0.4, 0.5) is 4.39 Å². The zero-order valence-electron chi connectivity index (χ0n) is 14.3. The van der Waals surface area contributed by atoms with Crippen molar-refractivity contribution in [1.29, 1.82) is 0 Å². The number of nitrogens with zero attached hydrogens (tertiary/aromatic N) is 4. The van der Waals surface area contributed by atoms with Crippen molar-refractivity contribution in [1.82, 2.24) is 25.5 Å². The van der Waals surface area contributed by atoms with Crippen LogP contribution < -0.4 is 11.1 Å². The number of hydrogen-bond acceptors (Lipinski definition) is 7. The summed E-state index contributed by atoms with van der Waals surface area (Å²) in [6, 6.07) is 5.51. The van der Waals surface area contributed by atoms with E-state index < -0.39 is 13.2 Å². The van der Waals surface area contributed by atoms with Crippen LogP contribution in [-0.2, 0) is 17.9 Å². The molecule has 2 aromatic rings. The molecule has 0 fully saturated rings. The Balaban J connectivity index is 1.82. The largest absolute Gasteiger partial charge is 0.451 e. The highest BCUT2D eigenvalue weighted by Crippen LogP contribution is 2.15. The van der Waals surface area contributed by atoms with Crippen LogP contribution in [-0.4, -0.2) is 43.3 Å². The lowest BCUT2D eigenvalue weighted by molar-refractivity contribution is -0.122. The fourth-order valence-corrected chi connectivity index (χ4v) is 2.45. The van der Waals surface area contributed by atoms with Gasteiger partial charge in [0.25, 0.3) is 0 Å². The van der Waals surface area contributed by atoms with Gasteiger partial charge in [-0.2, -0.15) is 0 Å². The number of unbranched alkanes of at least 4 members (excludes halogenated alkanes) is 1. The van der Waals surface area contributed by atoms with Gasteiger partial charge in [0.15, 0.2) is 5.82 Å². The van der Waals surface area contributed by atoms with Gasteiger partial charge in [0.1, 0.15) is 12.4 Å². The van der Waals surface area contributed by atoms with Gasteiger partial charge in [-0.1, -0.05) is 25.0 Å². The highest BCUT2D eigenvalue weighted by Gasteiger charge is 2.17. The second-order valence-electron chi connectivity index (χ2n) is 5.97. The summed E-state index contributed by atoms with van der Waals surface area (Å²) in [5.41, 5.74) is 6.70. The number of nitrogens with two attached hydrogens (primary N) is 1. The Kier molecular flexibility index (Phi) is 7.63. The molecule has 0 saturated heterocycles. The van der Waals surface area contributed by atoms with Crippen LogP contribution in [0.25, 0.3) is 0 Å². The van der Waals surface area contributed by atoms with Crippen LogP contribution in [0.15, 0.2) is 24.3 Å². The molecule has 26 heavy (non-hydrogen) atoms. The van der Waals surface area contributed by atoms with Crippen molar-refractivity contribution in [2.45, 2.75) is 44.7 Å². The molecular weight excluding hydrogens is 342 g/mol. The summed E-state index contributed by atoms with van der Waals surface area (Å²) in [6.07, 6.45) is 2.12. The number of halogens is 1. The molecule has 0 spiro atoms. The number of carbonyl (C=O) groups excluding carboxylic acids is 1. The van der Waals surface area contributed by atoms with Crippen molar-refractivity contribution in [2.75, 3.05) is 0 Å². The fourth-order valence-electron chi connectivity index (χ4n) is 2.45. The SMILES string of the molecule is NC(CCCCB(O)O)c1nnnn1CC(=O)NCc1cccc(F)c1. The summed E-state index contributed by atoms with van der Waals surface area (Å²) in [6.45, 7) is 0.101. The van der Waals surface area contributed by atoms with Gasteiger partial charge in [-0.05, 0) is 40.9 Å². The Hall–Kier alpha value is -2.37. The molecule has 1 unspecified atom stereocenters. The Bertz CT molecular complexity index is 714.